The Balaban J connectivity index is 2.06. The van der Waals surface area contributed by atoms with E-state index in [4.69, 9.17) is 16.3 Å². The van der Waals surface area contributed by atoms with Gasteiger partial charge in [-0.15, -0.1) is 11.3 Å². The number of rotatable bonds is 5. The molecule has 1 N–H and O–H groups in total. The third kappa shape index (κ3) is 4.24. The van der Waals surface area contributed by atoms with E-state index in [0.717, 1.165) is 5.56 Å². The fourth-order valence-electron chi connectivity index (χ4n) is 1.88. The Morgan fingerprint density at radius 1 is 1.30 bits per heavy atom. The van der Waals surface area contributed by atoms with E-state index in [1.54, 1.807) is 36.6 Å². The van der Waals surface area contributed by atoms with Crippen LogP contribution in [-0.4, -0.2) is 25.1 Å². The fraction of sp³-hybridized carbons (Fsp3) is 0.250. The Morgan fingerprint density at radius 2 is 2.04 bits per heavy atom. The largest absolute Gasteiger partial charge is 0.481 e. The van der Waals surface area contributed by atoms with Gasteiger partial charge in [0, 0.05) is 5.02 Å². The van der Waals surface area contributed by atoms with Crippen molar-refractivity contribution in [3.05, 3.63) is 45.1 Å². The first-order valence-electron chi connectivity index (χ1n) is 6.82. The second-order valence-electron chi connectivity index (χ2n) is 4.81. The summed E-state index contributed by atoms with van der Waals surface area (Å²) >= 11 is 7.09. The maximum absolute atomic E-state index is 12.2. The van der Waals surface area contributed by atoms with Crippen LogP contribution in [0.4, 0.5) is 5.69 Å². The topological polar surface area (TPSA) is 64.6 Å². The van der Waals surface area contributed by atoms with Crippen LogP contribution in [-0.2, 0) is 9.53 Å². The SMILES string of the molecule is COC(=O)c1sccc1NC(=O)C(C)Oc1ccc(Cl)cc1C. The molecule has 23 heavy (non-hydrogen) atoms. The van der Waals surface area contributed by atoms with E-state index in [0.29, 0.717) is 21.3 Å². The van der Waals surface area contributed by atoms with E-state index in [2.05, 4.69) is 10.1 Å². The number of amides is 1. The zero-order valence-corrected chi connectivity index (χ0v) is 14.5. The third-order valence-corrected chi connectivity index (χ3v) is 4.23. The molecule has 0 spiro atoms. The molecular weight excluding hydrogens is 338 g/mol. The molecule has 1 atom stereocenters. The molecule has 0 aliphatic carbocycles. The Hall–Kier alpha value is -2.05. The average molecular weight is 354 g/mol. The predicted molar refractivity (Wildman–Crippen MR) is 90.6 cm³/mol. The van der Waals surface area contributed by atoms with Gasteiger partial charge < -0.3 is 14.8 Å². The summed E-state index contributed by atoms with van der Waals surface area (Å²) in [6.45, 7) is 3.48. The number of esters is 1. The highest BCUT2D eigenvalue weighted by atomic mass is 35.5. The Labute approximate surface area is 143 Å². The second-order valence-corrected chi connectivity index (χ2v) is 6.17. The smallest absolute Gasteiger partial charge is 0.350 e. The average Bonchev–Trinajstić information content (AvgIpc) is 2.97. The van der Waals surface area contributed by atoms with E-state index < -0.39 is 12.1 Å². The summed E-state index contributed by atoms with van der Waals surface area (Å²) in [5.41, 5.74) is 1.25. The number of benzene rings is 1. The van der Waals surface area contributed by atoms with Crippen LogP contribution < -0.4 is 10.1 Å². The van der Waals surface area contributed by atoms with Crippen molar-refractivity contribution in [2.45, 2.75) is 20.0 Å². The number of anilines is 1. The number of nitrogens with one attached hydrogen (secondary N) is 1. The van der Waals surface area contributed by atoms with Crippen LogP contribution in [0.3, 0.4) is 0 Å². The number of hydrogen-bond donors (Lipinski definition) is 1. The first-order valence-corrected chi connectivity index (χ1v) is 8.07. The lowest BCUT2D eigenvalue weighted by atomic mass is 10.2. The van der Waals surface area contributed by atoms with E-state index in [1.165, 1.54) is 18.4 Å². The van der Waals surface area contributed by atoms with Gasteiger partial charge in [0.1, 0.15) is 10.6 Å². The standard InChI is InChI=1S/C16H16ClNO4S/c1-9-8-11(17)4-5-13(9)22-10(2)15(19)18-12-6-7-23-14(12)16(20)21-3/h4-8,10H,1-3H3,(H,18,19). The highest BCUT2D eigenvalue weighted by Crippen LogP contribution is 2.25. The van der Waals surface area contributed by atoms with E-state index >= 15 is 0 Å². The van der Waals surface area contributed by atoms with Gasteiger partial charge in [0.25, 0.3) is 5.91 Å². The Bertz CT molecular complexity index is 729. The van der Waals surface area contributed by atoms with Gasteiger partial charge in [-0.25, -0.2) is 4.79 Å². The zero-order chi connectivity index (χ0) is 17.0. The van der Waals surface area contributed by atoms with Gasteiger partial charge in [-0.1, -0.05) is 11.6 Å². The molecule has 122 valence electrons. The highest BCUT2D eigenvalue weighted by molar-refractivity contribution is 7.12. The molecule has 0 saturated carbocycles. The molecule has 0 fully saturated rings. The molecule has 7 heteroatoms. The number of methoxy groups -OCH3 is 1. The van der Waals surface area contributed by atoms with Crippen LogP contribution in [0.25, 0.3) is 0 Å². The molecule has 2 aromatic rings. The molecule has 1 amide bonds. The molecule has 0 bridgehead atoms. The minimum atomic E-state index is -0.736. The molecule has 1 aromatic heterocycles. The number of carbonyl (C=O) groups is 2. The highest BCUT2D eigenvalue weighted by Gasteiger charge is 2.20. The summed E-state index contributed by atoms with van der Waals surface area (Å²) < 4.78 is 10.3. The normalized spacial score (nSPS) is 11.7. The molecule has 1 aromatic carbocycles. The number of halogens is 1. The number of ether oxygens (including phenoxy) is 2. The van der Waals surface area contributed by atoms with Crippen molar-refractivity contribution in [2.24, 2.45) is 0 Å². The van der Waals surface area contributed by atoms with Crippen molar-refractivity contribution in [3.8, 4) is 5.75 Å². The van der Waals surface area contributed by atoms with Crippen LogP contribution >= 0.6 is 22.9 Å². The lowest BCUT2D eigenvalue weighted by molar-refractivity contribution is -0.122. The van der Waals surface area contributed by atoms with Crippen LogP contribution in [0.15, 0.2) is 29.6 Å². The minimum absolute atomic E-state index is 0.343. The summed E-state index contributed by atoms with van der Waals surface area (Å²) in [7, 11) is 1.29. The third-order valence-electron chi connectivity index (χ3n) is 3.10. The molecule has 0 aliphatic heterocycles. The number of hydrogen-bond acceptors (Lipinski definition) is 5. The zero-order valence-electron chi connectivity index (χ0n) is 12.9. The van der Waals surface area contributed by atoms with Crippen LogP contribution in [0.1, 0.15) is 22.2 Å². The quantitative estimate of drug-likeness (QED) is 0.828. The first kappa shape index (κ1) is 17.3. The maximum atomic E-state index is 12.2. The molecular formula is C16H16ClNO4S. The van der Waals surface area contributed by atoms with Gasteiger partial charge in [-0.3, -0.25) is 4.79 Å². The van der Waals surface area contributed by atoms with Gasteiger partial charge in [0.2, 0.25) is 0 Å². The molecule has 2 rings (SSSR count). The monoisotopic (exact) mass is 353 g/mol. The number of aryl methyl sites for hydroxylation is 1. The summed E-state index contributed by atoms with van der Waals surface area (Å²) in [6, 6.07) is 6.82. The van der Waals surface area contributed by atoms with Gasteiger partial charge >= 0.3 is 5.97 Å². The molecule has 1 heterocycles. The van der Waals surface area contributed by atoms with Gasteiger partial charge in [0.05, 0.1) is 12.8 Å². The molecule has 0 saturated heterocycles. The maximum Gasteiger partial charge on any atom is 0.350 e. The van der Waals surface area contributed by atoms with Crippen LogP contribution in [0.5, 0.6) is 5.75 Å². The minimum Gasteiger partial charge on any atom is -0.481 e. The van der Waals surface area contributed by atoms with Gasteiger partial charge in [-0.05, 0) is 49.1 Å². The van der Waals surface area contributed by atoms with Crippen molar-refractivity contribution in [2.75, 3.05) is 12.4 Å². The van der Waals surface area contributed by atoms with Gasteiger partial charge in [0.15, 0.2) is 6.10 Å². The summed E-state index contributed by atoms with van der Waals surface area (Å²) in [5.74, 6) is -0.268. The van der Waals surface area contributed by atoms with Crippen molar-refractivity contribution in [1.82, 2.24) is 0 Å². The molecule has 0 aliphatic rings. The summed E-state index contributed by atoms with van der Waals surface area (Å²) in [4.78, 5) is 24.2. The number of thiophene rings is 1. The van der Waals surface area contributed by atoms with Gasteiger partial charge in [-0.2, -0.15) is 0 Å². The molecule has 5 nitrogen and oxygen atoms in total. The van der Waals surface area contributed by atoms with E-state index in [9.17, 15) is 9.59 Å². The fourth-order valence-corrected chi connectivity index (χ4v) is 2.87. The molecule has 0 radical (unpaired) electrons. The van der Waals surface area contributed by atoms with Crippen LogP contribution in [0.2, 0.25) is 5.02 Å². The lowest BCUT2D eigenvalue weighted by Crippen LogP contribution is -2.30. The van der Waals surface area contributed by atoms with E-state index in [-0.39, 0.29) is 5.91 Å². The lowest BCUT2D eigenvalue weighted by Gasteiger charge is -2.16. The number of carbonyl (C=O) groups excluding carboxylic acids is 2. The van der Waals surface area contributed by atoms with Crippen LogP contribution in [0, 0.1) is 6.92 Å². The first-order chi connectivity index (χ1) is 10.9. The summed E-state index contributed by atoms with van der Waals surface area (Å²) in [6.07, 6.45) is -0.736. The van der Waals surface area contributed by atoms with Crippen molar-refractivity contribution >= 4 is 40.5 Å². The van der Waals surface area contributed by atoms with Crippen molar-refractivity contribution < 1.29 is 19.1 Å². The summed E-state index contributed by atoms with van der Waals surface area (Å²) in [5, 5.41) is 4.99. The van der Waals surface area contributed by atoms with Crippen molar-refractivity contribution in [3.63, 3.8) is 0 Å². The van der Waals surface area contributed by atoms with Crippen molar-refractivity contribution in [1.29, 1.82) is 0 Å². The van der Waals surface area contributed by atoms with E-state index in [1.807, 2.05) is 6.92 Å². The second kappa shape index (κ2) is 7.48. The Morgan fingerprint density at radius 3 is 2.70 bits per heavy atom. The predicted octanol–water partition coefficient (Wildman–Crippen LogP) is 3.90. The molecule has 1 unspecified atom stereocenters. The Kier molecular flexibility index (Phi) is 5.63.